The number of rotatable bonds is 4. The number of likely N-dealkylation sites (N-methyl/N-ethyl adjacent to an activating group) is 1. The Bertz CT molecular complexity index is 453. The van der Waals surface area contributed by atoms with E-state index in [9.17, 15) is 4.79 Å². The number of nitrogen functional groups attached to an aromatic ring is 1. The number of amides is 1. The van der Waals surface area contributed by atoms with Gasteiger partial charge in [0.25, 0.3) is 5.91 Å². The van der Waals surface area contributed by atoms with E-state index in [0.717, 1.165) is 18.7 Å². The van der Waals surface area contributed by atoms with Gasteiger partial charge in [0.15, 0.2) is 0 Å². The number of carbonyl (C=O) groups excluding carboxylic acids is 1. The van der Waals surface area contributed by atoms with Crippen molar-refractivity contribution in [2.45, 2.75) is 19.8 Å². The second-order valence-electron chi connectivity index (χ2n) is 5.35. The van der Waals surface area contributed by atoms with Crippen LogP contribution < -0.4 is 5.73 Å². The third kappa shape index (κ3) is 3.47. The molecule has 0 aliphatic carbocycles. The summed E-state index contributed by atoms with van der Waals surface area (Å²) < 4.78 is 0. The molecule has 4 nitrogen and oxygen atoms in total. The Hall–Kier alpha value is -1.55. The lowest BCUT2D eigenvalue weighted by Crippen LogP contribution is -2.35. The highest BCUT2D eigenvalue weighted by atomic mass is 16.2. The van der Waals surface area contributed by atoms with Gasteiger partial charge in [-0.25, -0.2) is 0 Å². The van der Waals surface area contributed by atoms with Gasteiger partial charge in [-0.3, -0.25) is 4.79 Å². The van der Waals surface area contributed by atoms with Crippen molar-refractivity contribution in [1.29, 1.82) is 0 Å². The molecule has 0 radical (unpaired) electrons. The highest BCUT2D eigenvalue weighted by molar-refractivity contribution is 5.95. The van der Waals surface area contributed by atoms with E-state index >= 15 is 0 Å². The molecule has 2 N–H and O–H groups in total. The normalized spacial score (nSPS) is 15.7. The van der Waals surface area contributed by atoms with E-state index in [4.69, 9.17) is 5.73 Å². The number of benzene rings is 1. The summed E-state index contributed by atoms with van der Waals surface area (Å²) in [6, 6.07) is 5.52. The zero-order chi connectivity index (χ0) is 13.8. The Morgan fingerprint density at radius 1 is 1.37 bits per heavy atom. The summed E-state index contributed by atoms with van der Waals surface area (Å²) in [5.41, 5.74) is 8.22. The molecule has 1 saturated heterocycles. The lowest BCUT2D eigenvalue weighted by atomic mass is 10.1. The minimum atomic E-state index is 0.0471. The van der Waals surface area contributed by atoms with Gasteiger partial charge in [0.2, 0.25) is 0 Å². The molecule has 0 unspecified atom stereocenters. The molecule has 1 heterocycles. The van der Waals surface area contributed by atoms with E-state index in [1.807, 2.05) is 26.1 Å². The molecule has 19 heavy (non-hydrogen) atoms. The van der Waals surface area contributed by atoms with Crippen molar-refractivity contribution < 1.29 is 4.79 Å². The summed E-state index contributed by atoms with van der Waals surface area (Å²) >= 11 is 0. The molecule has 1 aliphatic rings. The summed E-state index contributed by atoms with van der Waals surface area (Å²) in [5, 5.41) is 0. The highest BCUT2D eigenvalue weighted by Gasteiger charge is 2.15. The molecular formula is C15H23N3O. The van der Waals surface area contributed by atoms with Crippen LogP contribution in [0.2, 0.25) is 0 Å². The molecule has 104 valence electrons. The van der Waals surface area contributed by atoms with Crippen LogP contribution >= 0.6 is 0 Å². The lowest BCUT2D eigenvalue weighted by Gasteiger charge is -2.21. The SMILES string of the molecule is Cc1ccc(C(=O)N(C)CCN2CCCC2)cc1N. The van der Waals surface area contributed by atoms with E-state index in [1.165, 1.54) is 25.9 Å². The minimum Gasteiger partial charge on any atom is -0.398 e. The number of aryl methyl sites for hydroxylation is 1. The number of nitrogens with zero attached hydrogens (tertiary/aromatic N) is 2. The monoisotopic (exact) mass is 261 g/mol. The van der Waals surface area contributed by atoms with Crippen molar-refractivity contribution in [3.8, 4) is 0 Å². The molecule has 4 heteroatoms. The number of hydrogen-bond donors (Lipinski definition) is 1. The Labute approximate surface area is 115 Å². The number of likely N-dealkylation sites (tertiary alicyclic amines) is 1. The van der Waals surface area contributed by atoms with Crippen LogP contribution in [0.1, 0.15) is 28.8 Å². The molecule has 1 aromatic carbocycles. The van der Waals surface area contributed by atoms with Crippen molar-refractivity contribution in [3.05, 3.63) is 29.3 Å². The Morgan fingerprint density at radius 3 is 2.68 bits per heavy atom. The number of hydrogen-bond acceptors (Lipinski definition) is 3. The van der Waals surface area contributed by atoms with E-state index < -0.39 is 0 Å². The molecule has 1 amide bonds. The van der Waals surface area contributed by atoms with Gasteiger partial charge in [0, 0.05) is 31.4 Å². The first kappa shape index (κ1) is 13.9. The summed E-state index contributed by atoms with van der Waals surface area (Å²) in [7, 11) is 1.86. The molecule has 1 aliphatic heterocycles. The van der Waals surface area contributed by atoms with Gasteiger partial charge in [0.05, 0.1) is 0 Å². The van der Waals surface area contributed by atoms with Crippen LogP contribution in [0, 0.1) is 6.92 Å². The summed E-state index contributed by atoms with van der Waals surface area (Å²) in [6.45, 7) is 6.01. The quantitative estimate of drug-likeness (QED) is 0.840. The van der Waals surface area contributed by atoms with E-state index in [-0.39, 0.29) is 5.91 Å². The van der Waals surface area contributed by atoms with Crippen molar-refractivity contribution >= 4 is 11.6 Å². The average Bonchev–Trinajstić information content (AvgIpc) is 2.91. The molecule has 0 spiro atoms. The van der Waals surface area contributed by atoms with Gasteiger partial charge < -0.3 is 15.5 Å². The van der Waals surface area contributed by atoms with Crippen LogP contribution in [-0.4, -0.2) is 48.9 Å². The van der Waals surface area contributed by atoms with E-state index in [1.54, 1.807) is 11.0 Å². The fraction of sp³-hybridized carbons (Fsp3) is 0.533. The highest BCUT2D eigenvalue weighted by Crippen LogP contribution is 2.14. The summed E-state index contributed by atoms with van der Waals surface area (Å²) in [5.74, 6) is 0.0471. The molecule has 0 aromatic heterocycles. The zero-order valence-corrected chi connectivity index (χ0v) is 11.9. The van der Waals surface area contributed by atoms with Crippen LogP contribution in [0.25, 0.3) is 0 Å². The van der Waals surface area contributed by atoms with Gasteiger partial charge >= 0.3 is 0 Å². The largest absolute Gasteiger partial charge is 0.398 e. The van der Waals surface area contributed by atoms with Gasteiger partial charge in [0.1, 0.15) is 0 Å². The number of anilines is 1. The first-order valence-electron chi connectivity index (χ1n) is 6.92. The van der Waals surface area contributed by atoms with Crippen molar-refractivity contribution in [3.63, 3.8) is 0 Å². The fourth-order valence-electron chi connectivity index (χ4n) is 2.39. The van der Waals surface area contributed by atoms with Crippen molar-refractivity contribution in [1.82, 2.24) is 9.80 Å². The lowest BCUT2D eigenvalue weighted by molar-refractivity contribution is 0.0782. The maximum Gasteiger partial charge on any atom is 0.253 e. The Morgan fingerprint density at radius 2 is 2.05 bits per heavy atom. The van der Waals surface area contributed by atoms with Crippen LogP contribution in [-0.2, 0) is 0 Å². The molecule has 2 rings (SSSR count). The first-order chi connectivity index (χ1) is 9.08. The van der Waals surface area contributed by atoms with Gasteiger partial charge in [-0.2, -0.15) is 0 Å². The molecule has 0 bridgehead atoms. The van der Waals surface area contributed by atoms with E-state index in [2.05, 4.69) is 4.90 Å². The maximum atomic E-state index is 12.3. The van der Waals surface area contributed by atoms with Crippen LogP contribution in [0.4, 0.5) is 5.69 Å². The predicted octanol–water partition coefficient (Wildman–Crippen LogP) is 1.75. The first-order valence-corrected chi connectivity index (χ1v) is 6.92. The summed E-state index contributed by atoms with van der Waals surface area (Å²) in [4.78, 5) is 16.5. The van der Waals surface area contributed by atoms with Crippen molar-refractivity contribution in [2.75, 3.05) is 39.0 Å². The van der Waals surface area contributed by atoms with Crippen molar-refractivity contribution in [2.24, 2.45) is 0 Å². The van der Waals surface area contributed by atoms with Gasteiger partial charge in [-0.1, -0.05) is 6.07 Å². The molecule has 1 aromatic rings. The van der Waals surface area contributed by atoms with Crippen LogP contribution in [0.3, 0.4) is 0 Å². The van der Waals surface area contributed by atoms with Crippen LogP contribution in [0.15, 0.2) is 18.2 Å². The Balaban J connectivity index is 1.92. The topological polar surface area (TPSA) is 49.6 Å². The Kier molecular flexibility index (Phi) is 4.43. The summed E-state index contributed by atoms with van der Waals surface area (Å²) in [6.07, 6.45) is 2.57. The van der Waals surface area contributed by atoms with E-state index in [0.29, 0.717) is 11.3 Å². The molecule has 0 saturated carbocycles. The average molecular weight is 261 g/mol. The third-order valence-electron chi connectivity index (χ3n) is 3.82. The molecule has 1 fully saturated rings. The second kappa shape index (κ2) is 6.06. The molecular weight excluding hydrogens is 238 g/mol. The minimum absolute atomic E-state index is 0.0471. The third-order valence-corrected chi connectivity index (χ3v) is 3.82. The molecule has 0 atom stereocenters. The maximum absolute atomic E-state index is 12.3. The van der Waals surface area contributed by atoms with Gasteiger partial charge in [-0.05, 0) is 50.6 Å². The van der Waals surface area contributed by atoms with Crippen LogP contribution in [0.5, 0.6) is 0 Å². The second-order valence-corrected chi connectivity index (χ2v) is 5.35. The van der Waals surface area contributed by atoms with Gasteiger partial charge in [-0.15, -0.1) is 0 Å². The standard InChI is InChI=1S/C15H23N3O/c1-12-5-6-13(11-14(12)16)15(19)17(2)9-10-18-7-3-4-8-18/h5-6,11H,3-4,7-10,16H2,1-2H3. The number of nitrogens with two attached hydrogens (primary N) is 1. The zero-order valence-electron chi connectivity index (χ0n) is 11.9. The number of carbonyl (C=O) groups is 1. The predicted molar refractivity (Wildman–Crippen MR) is 78.2 cm³/mol. The smallest absolute Gasteiger partial charge is 0.253 e. The fourth-order valence-corrected chi connectivity index (χ4v) is 2.39.